The van der Waals surface area contributed by atoms with Gasteiger partial charge in [0, 0.05) is 10.8 Å². The number of hydrogen-bond donors (Lipinski definition) is 0. The third kappa shape index (κ3) is 3.94. The number of fused-ring (bicyclic) bond motifs is 1. The van der Waals surface area contributed by atoms with Gasteiger partial charge in [-0.3, -0.25) is 4.79 Å². The lowest BCUT2D eigenvalue weighted by Crippen LogP contribution is -2.26. The smallest absolute Gasteiger partial charge is 0.359 e. The Morgan fingerprint density at radius 2 is 1.78 bits per heavy atom. The molecule has 2 aromatic rings. The van der Waals surface area contributed by atoms with Crippen molar-refractivity contribution in [3.8, 4) is 0 Å². The van der Waals surface area contributed by atoms with E-state index in [1.165, 1.54) is 0 Å². The maximum Gasteiger partial charge on any atom is 0.359 e. The summed E-state index contributed by atoms with van der Waals surface area (Å²) < 4.78 is 6.61. The average Bonchev–Trinajstić information content (AvgIpc) is 2.86. The SMILES string of the molecule is CC(C)(C)C(=O)COC(=O)c1ccc2nc(C(C)(C)C)cn2n1. The van der Waals surface area contributed by atoms with Crippen LogP contribution in [0.15, 0.2) is 18.3 Å². The lowest BCUT2D eigenvalue weighted by atomic mass is 9.91. The van der Waals surface area contributed by atoms with E-state index in [-0.39, 0.29) is 23.5 Å². The van der Waals surface area contributed by atoms with E-state index in [2.05, 4.69) is 30.9 Å². The quantitative estimate of drug-likeness (QED) is 0.814. The van der Waals surface area contributed by atoms with Gasteiger partial charge in [-0.2, -0.15) is 5.10 Å². The molecule has 0 aliphatic carbocycles. The van der Waals surface area contributed by atoms with Crippen molar-refractivity contribution in [3.05, 3.63) is 29.7 Å². The molecule has 0 aliphatic heterocycles. The van der Waals surface area contributed by atoms with E-state index in [1.54, 1.807) is 43.6 Å². The summed E-state index contributed by atoms with van der Waals surface area (Å²) in [5.74, 6) is -0.750. The molecule has 0 saturated heterocycles. The summed E-state index contributed by atoms with van der Waals surface area (Å²) >= 11 is 0. The van der Waals surface area contributed by atoms with Crippen LogP contribution in [0.4, 0.5) is 0 Å². The zero-order valence-electron chi connectivity index (χ0n) is 14.5. The molecular weight excluding hydrogens is 294 g/mol. The van der Waals surface area contributed by atoms with E-state index in [0.717, 1.165) is 5.69 Å². The number of imidazole rings is 1. The largest absolute Gasteiger partial charge is 0.453 e. The summed E-state index contributed by atoms with van der Waals surface area (Å²) in [6.07, 6.45) is 1.80. The molecule has 0 fully saturated rings. The van der Waals surface area contributed by atoms with Crippen molar-refractivity contribution in [1.29, 1.82) is 0 Å². The molecule has 23 heavy (non-hydrogen) atoms. The number of rotatable bonds is 3. The van der Waals surface area contributed by atoms with Crippen molar-refractivity contribution in [2.45, 2.75) is 47.0 Å². The highest BCUT2D eigenvalue weighted by atomic mass is 16.5. The van der Waals surface area contributed by atoms with Crippen LogP contribution in [0.3, 0.4) is 0 Å². The molecule has 6 nitrogen and oxygen atoms in total. The van der Waals surface area contributed by atoms with Crippen LogP contribution in [0.25, 0.3) is 5.65 Å². The second-order valence-electron chi connectivity index (χ2n) is 7.65. The summed E-state index contributed by atoms with van der Waals surface area (Å²) in [7, 11) is 0. The highest BCUT2D eigenvalue weighted by Gasteiger charge is 2.23. The lowest BCUT2D eigenvalue weighted by molar-refractivity contribution is -0.129. The number of ether oxygens (including phenoxy) is 1. The second-order valence-corrected chi connectivity index (χ2v) is 7.65. The van der Waals surface area contributed by atoms with E-state index < -0.39 is 11.4 Å². The fourth-order valence-electron chi connectivity index (χ4n) is 1.77. The molecule has 2 rings (SSSR count). The molecule has 0 radical (unpaired) electrons. The Balaban J connectivity index is 2.17. The third-order valence-corrected chi connectivity index (χ3v) is 3.47. The number of carbonyl (C=O) groups excluding carboxylic acids is 2. The fourth-order valence-corrected chi connectivity index (χ4v) is 1.77. The molecule has 2 aromatic heterocycles. The van der Waals surface area contributed by atoms with Gasteiger partial charge in [-0.15, -0.1) is 0 Å². The molecule has 0 spiro atoms. The van der Waals surface area contributed by atoms with Crippen LogP contribution in [-0.4, -0.2) is 33.0 Å². The predicted molar refractivity (Wildman–Crippen MR) is 86.4 cm³/mol. The van der Waals surface area contributed by atoms with Crippen molar-refractivity contribution in [2.75, 3.05) is 6.61 Å². The Hall–Kier alpha value is -2.24. The van der Waals surface area contributed by atoms with Crippen LogP contribution < -0.4 is 0 Å². The highest BCUT2D eigenvalue weighted by molar-refractivity contribution is 5.91. The molecule has 6 heteroatoms. The van der Waals surface area contributed by atoms with Crippen molar-refractivity contribution in [3.63, 3.8) is 0 Å². The standard InChI is InChI=1S/C17H23N3O3/c1-16(2,3)12-9-20-14(18-12)8-7-11(19-20)15(22)23-10-13(21)17(4,5)6/h7-9H,10H2,1-6H3. The molecule has 0 aromatic carbocycles. The number of ketones is 1. The lowest BCUT2D eigenvalue weighted by Gasteiger charge is -2.15. The summed E-state index contributed by atoms with van der Waals surface area (Å²) in [5.41, 5.74) is 1.06. The van der Waals surface area contributed by atoms with Crippen LogP contribution in [0, 0.1) is 5.41 Å². The van der Waals surface area contributed by atoms with E-state index in [0.29, 0.717) is 5.65 Å². The van der Waals surface area contributed by atoms with Crippen LogP contribution in [0.5, 0.6) is 0 Å². The molecule has 2 heterocycles. The molecule has 0 N–H and O–H groups in total. The molecule has 0 amide bonds. The summed E-state index contributed by atoms with van der Waals surface area (Å²) in [4.78, 5) is 28.4. The van der Waals surface area contributed by atoms with Gasteiger partial charge >= 0.3 is 5.97 Å². The van der Waals surface area contributed by atoms with Gasteiger partial charge in [0.2, 0.25) is 0 Å². The monoisotopic (exact) mass is 317 g/mol. The van der Waals surface area contributed by atoms with Gasteiger partial charge in [0.1, 0.15) is 0 Å². The van der Waals surface area contributed by atoms with Crippen molar-refractivity contribution < 1.29 is 14.3 Å². The first-order valence-corrected chi connectivity index (χ1v) is 7.56. The van der Waals surface area contributed by atoms with Crippen molar-refractivity contribution in [1.82, 2.24) is 14.6 Å². The number of carbonyl (C=O) groups is 2. The number of aromatic nitrogens is 3. The third-order valence-electron chi connectivity index (χ3n) is 3.47. The van der Waals surface area contributed by atoms with Crippen LogP contribution in [-0.2, 0) is 14.9 Å². The molecule has 0 aliphatic rings. The van der Waals surface area contributed by atoms with E-state index in [4.69, 9.17) is 4.74 Å². The average molecular weight is 317 g/mol. The maximum absolute atomic E-state index is 12.1. The first-order chi connectivity index (χ1) is 10.5. The molecule has 0 atom stereocenters. The highest BCUT2D eigenvalue weighted by Crippen LogP contribution is 2.21. The Bertz CT molecular complexity index is 749. The Morgan fingerprint density at radius 1 is 1.13 bits per heavy atom. The minimum Gasteiger partial charge on any atom is -0.453 e. The molecule has 0 bridgehead atoms. The minimum absolute atomic E-state index is 0.104. The van der Waals surface area contributed by atoms with Gasteiger partial charge in [-0.05, 0) is 12.1 Å². The second kappa shape index (κ2) is 5.76. The van der Waals surface area contributed by atoms with E-state index >= 15 is 0 Å². The van der Waals surface area contributed by atoms with Gasteiger partial charge in [0.15, 0.2) is 23.7 Å². The topological polar surface area (TPSA) is 73.6 Å². The molecule has 124 valence electrons. The van der Waals surface area contributed by atoms with Crippen LogP contribution in [0.1, 0.15) is 57.7 Å². The van der Waals surface area contributed by atoms with Gasteiger partial charge in [-0.25, -0.2) is 14.3 Å². The Kier molecular flexibility index (Phi) is 4.28. The summed E-state index contributed by atoms with van der Waals surface area (Å²) in [5, 5.41) is 4.22. The zero-order valence-corrected chi connectivity index (χ0v) is 14.5. The Morgan fingerprint density at radius 3 is 2.35 bits per heavy atom. The van der Waals surface area contributed by atoms with E-state index in [9.17, 15) is 9.59 Å². The number of hydrogen-bond acceptors (Lipinski definition) is 5. The Labute approximate surface area is 135 Å². The minimum atomic E-state index is -0.615. The first-order valence-electron chi connectivity index (χ1n) is 7.56. The van der Waals surface area contributed by atoms with E-state index in [1.807, 2.05) is 0 Å². The van der Waals surface area contributed by atoms with Crippen molar-refractivity contribution >= 4 is 17.4 Å². The molecule has 0 saturated carbocycles. The van der Waals surface area contributed by atoms with Crippen LogP contribution >= 0.6 is 0 Å². The zero-order chi connectivity index (χ0) is 17.4. The number of esters is 1. The predicted octanol–water partition coefficient (Wildman–Crippen LogP) is 2.80. The van der Waals surface area contributed by atoms with Gasteiger partial charge in [0.25, 0.3) is 0 Å². The van der Waals surface area contributed by atoms with Crippen molar-refractivity contribution in [2.24, 2.45) is 5.41 Å². The summed E-state index contributed by atoms with van der Waals surface area (Å²) in [6.45, 7) is 11.3. The number of nitrogens with zero attached hydrogens (tertiary/aromatic N) is 3. The maximum atomic E-state index is 12.1. The van der Waals surface area contributed by atoms with Gasteiger partial charge < -0.3 is 4.74 Å². The van der Waals surface area contributed by atoms with Gasteiger partial charge in [0.05, 0.1) is 11.9 Å². The van der Waals surface area contributed by atoms with Gasteiger partial charge in [-0.1, -0.05) is 41.5 Å². The molecular formula is C17H23N3O3. The fraction of sp³-hybridized carbons (Fsp3) is 0.529. The van der Waals surface area contributed by atoms with Crippen LogP contribution in [0.2, 0.25) is 0 Å². The first kappa shape index (κ1) is 17.1. The summed E-state index contributed by atoms with van der Waals surface area (Å²) in [6, 6.07) is 3.27. The molecule has 0 unspecified atom stereocenters. The normalized spacial score (nSPS) is 12.4. The number of Topliss-reactive ketones (excluding diaryl/α,β-unsaturated/α-hetero) is 1.